The number of amides is 2. The molecule has 2 N–H and O–H groups in total. The number of halogens is 1. The smallest absolute Gasteiger partial charge is 0.254 e. The van der Waals surface area contributed by atoms with Crippen LogP contribution in [0.2, 0.25) is 0 Å². The Kier molecular flexibility index (Phi) is 23.9. The zero-order valence-electron chi connectivity index (χ0n) is 53.3. The second kappa shape index (κ2) is 32.6. The molecule has 0 bridgehead atoms. The minimum atomic E-state index is -0.414. The second-order valence-corrected chi connectivity index (χ2v) is 28.0. The Morgan fingerprint density at radius 3 is 1.13 bits per heavy atom. The third-order valence-corrected chi connectivity index (χ3v) is 21.8. The predicted molar refractivity (Wildman–Crippen MR) is 388 cm³/mol. The van der Waals surface area contributed by atoms with Crippen LogP contribution in [-0.4, -0.2) is 120 Å². The summed E-state index contributed by atoms with van der Waals surface area (Å²) in [5, 5.41) is 47.5. The predicted octanol–water partition coefficient (Wildman–Crippen LogP) is 15.7. The first-order chi connectivity index (χ1) is 45.8. The number of nitrogens with zero attached hydrogens (tertiary/aromatic N) is 14. The molecule has 95 heavy (non-hydrogen) atoms. The van der Waals surface area contributed by atoms with Crippen molar-refractivity contribution in [1.82, 2.24) is 79.7 Å². The quantitative estimate of drug-likeness (QED) is 0.109. The molecule has 26 heteroatoms. The van der Waals surface area contributed by atoms with Gasteiger partial charge in [-0.3, -0.25) is 14.4 Å². The van der Waals surface area contributed by atoms with E-state index in [9.17, 15) is 14.4 Å². The van der Waals surface area contributed by atoms with E-state index in [1.54, 1.807) is 80.2 Å². The molecule has 0 spiro atoms. The fraction of sp³-hybridized carbons (Fsp3) is 0.304. The molecule has 19 nitrogen and oxygen atoms in total. The lowest BCUT2D eigenvalue weighted by Gasteiger charge is -2.33. The van der Waals surface area contributed by atoms with Crippen molar-refractivity contribution >= 4 is 96.7 Å². The van der Waals surface area contributed by atoms with Crippen LogP contribution < -0.4 is 10.6 Å². The summed E-state index contributed by atoms with van der Waals surface area (Å²) in [6.07, 6.45) is 2.80. The lowest BCUT2D eigenvalue weighted by Crippen LogP contribution is -2.41. The topological polar surface area (TPSA) is 213 Å². The molecule has 0 saturated carbocycles. The van der Waals surface area contributed by atoms with Gasteiger partial charge in [-0.2, -0.15) is 0 Å². The van der Waals surface area contributed by atoms with Gasteiger partial charge in [0.1, 0.15) is 22.9 Å². The van der Waals surface area contributed by atoms with Gasteiger partial charge in [-0.1, -0.05) is 82.8 Å². The molecule has 492 valence electrons. The molecule has 3 aromatic carbocycles. The molecule has 3 aliphatic heterocycles. The summed E-state index contributed by atoms with van der Waals surface area (Å²) in [7, 11) is 3.75. The van der Waals surface area contributed by atoms with E-state index in [4.69, 9.17) is 11.6 Å². The zero-order valence-corrected chi connectivity index (χ0v) is 58.9. The molecule has 3 atom stereocenters. The van der Waals surface area contributed by atoms with Gasteiger partial charge in [-0.05, 0) is 153 Å². The average Bonchev–Trinajstić information content (AvgIpc) is 1.69. The fourth-order valence-electron chi connectivity index (χ4n) is 10.9. The number of fused-ring (bicyclic) bond motifs is 3. The third-order valence-electron chi connectivity index (χ3n) is 15.9. The number of carbonyl (C=O) groups is 3. The number of hydrogen-bond acceptors (Lipinski definition) is 20. The van der Waals surface area contributed by atoms with Gasteiger partial charge in [0.05, 0.1) is 33.1 Å². The van der Waals surface area contributed by atoms with E-state index in [1.165, 1.54) is 14.6 Å². The van der Waals surface area contributed by atoms with Crippen molar-refractivity contribution in [3.05, 3.63) is 191 Å². The van der Waals surface area contributed by atoms with Gasteiger partial charge in [0.15, 0.2) is 29.1 Å². The molecule has 9 aromatic heterocycles. The van der Waals surface area contributed by atoms with Crippen LogP contribution in [0.5, 0.6) is 0 Å². The maximum absolute atomic E-state index is 13.2. The van der Waals surface area contributed by atoms with Crippen LogP contribution >= 0.6 is 79.6 Å². The van der Waals surface area contributed by atoms with Gasteiger partial charge in [-0.15, -0.1) is 98.6 Å². The highest BCUT2D eigenvalue weighted by Crippen LogP contribution is 2.35. The molecular formula is C69H75ClN16O3S6. The van der Waals surface area contributed by atoms with E-state index >= 15 is 0 Å². The maximum atomic E-state index is 13.2. The van der Waals surface area contributed by atoms with Crippen LogP contribution in [0.3, 0.4) is 0 Å². The minimum absolute atomic E-state index is 0. The summed E-state index contributed by atoms with van der Waals surface area (Å²) in [6.45, 7) is 16.9. The molecule has 15 rings (SSSR count). The van der Waals surface area contributed by atoms with Crippen molar-refractivity contribution in [1.29, 1.82) is 0 Å². The van der Waals surface area contributed by atoms with Crippen LogP contribution in [-0.2, 0) is 38.9 Å². The van der Waals surface area contributed by atoms with Gasteiger partial charge >= 0.3 is 0 Å². The number of aromatic nitrogens is 12. The van der Waals surface area contributed by atoms with Crippen LogP contribution in [0.15, 0.2) is 141 Å². The molecule has 12 heterocycles. The summed E-state index contributed by atoms with van der Waals surface area (Å²) in [5.41, 5.74) is 8.00. The van der Waals surface area contributed by atoms with Crippen LogP contribution in [0.4, 0.5) is 0 Å². The number of aryl methyl sites for hydroxylation is 3. The molecule has 2 amide bonds. The Balaban J connectivity index is 0.000000142. The molecule has 0 fully saturated rings. The first-order valence-corrected chi connectivity index (χ1v) is 36.6. The normalized spacial score (nSPS) is 15.2. The monoisotopic (exact) mass is 1400 g/mol. The van der Waals surface area contributed by atoms with Gasteiger partial charge in [-0.25, -0.2) is 15.0 Å². The molecule has 0 radical (unpaired) electrons. The van der Waals surface area contributed by atoms with E-state index in [0.717, 1.165) is 116 Å². The number of nitrogens with one attached hydrogen (secondary N) is 2. The van der Waals surface area contributed by atoms with Crippen LogP contribution in [0, 0.1) is 0 Å². The molecule has 2 unspecified atom stereocenters. The van der Waals surface area contributed by atoms with Gasteiger partial charge < -0.3 is 34.1 Å². The second-order valence-electron chi connectivity index (χ2n) is 22.0. The number of hydrogen-bond donors (Lipinski definition) is 2. The summed E-state index contributed by atoms with van der Waals surface area (Å²) in [6, 6.07) is 35.3. The molecule has 3 aliphatic rings. The highest BCUT2D eigenvalue weighted by Gasteiger charge is 2.34. The SMILES string of the molecule is C.CCc1nc(-c2nnc3n2CCN(C(=O)c2ccc(-c4cccs4)cc2)C3C)cs1.CCc1nc(-c2nnc3n2CCN(C(=O)c2ccc(-c4cccs4)cc2)[C@@H]3C)cs1.CCc1nc(-c2nnc3n2CCNC3C)cs1.CNC.O=C(Cl)c1ccc(-c2cccs2)cc1. The summed E-state index contributed by atoms with van der Waals surface area (Å²) in [4.78, 5) is 58.4. The number of rotatable bonds is 12. The molecule has 0 aliphatic carbocycles. The summed E-state index contributed by atoms with van der Waals surface area (Å²) < 4.78 is 6.38. The Morgan fingerprint density at radius 2 is 0.811 bits per heavy atom. The highest BCUT2D eigenvalue weighted by molar-refractivity contribution is 7.14. The number of benzene rings is 3. The van der Waals surface area contributed by atoms with E-state index in [0.29, 0.717) is 42.9 Å². The van der Waals surface area contributed by atoms with Crippen LogP contribution in [0.25, 0.3) is 65.9 Å². The Labute approximate surface area is 582 Å². The molecule has 12 aromatic rings. The summed E-state index contributed by atoms with van der Waals surface area (Å²) >= 11 is 15.4. The number of carbonyl (C=O) groups excluding carboxylic acids is 3. The van der Waals surface area contributed by atoms with Crippen molar-refractivity contribution in [2.75, 3.05) is 33.7 Å². The van der Waals surface area contributed by atoms with E-state index in [1.807, 2.05) is 139 Å². The third kappa shape index (κ3) is 15.9. The van der Waals surface area contributed by atoms with Crippen molar-refractivity contribution in [3.63, 3.8) is 0 Å². The van der Waals surface area contributed by atoms with Crippen molar-refractivity contribution in [2.45, 2.75) is 106 Å². The van der Waals surface area contributed by atoms with Gasteiger partial charge in [0.2, 0.25) is 0 Å². The van der Waals surface area contributed by atoms with Crippen molar-refractivity contribution in [2.24, 2.45) is 0 Å². The molecular weight excluding hydrogens is 1330 g/mol. The number of thiophene rings is 3. The standard InChI is InChI=1S/2C22H21N5OS2.C11H7ClOS.C11H15N5S.C2H7N.CH4/c2*1-3-19-23-17(13-30-19)21-25-24-20-14(2)26(10-11-27(20)21)22(28)16-8-6-15(7-9-16)18-5-4-12-29-18;12-11(13)9-5-3-8(4-6-9)10-2-1-7-14-10;1-3-9-13-8(6-17-9)11-15-14-10-7(2)12-4-5-16(10)11;1-3-2;/h2*4-9,12-14H,3,10-11H2,1-2H3;1-7H;6-7,12H,3-5H2,1-2H3;3H,1-2H3;1H4/t14-;;;;;/m1...../s1. The average molecular weight is 1400 g/mol. The van der Waals surface area contributed by atoms with Crippen molar-refractivity contribution < 1.29 is 14.4 Å². The first-order valence-electron chi connectivity index (χ1n) is 31.0. The van der Waals surface area contributed by atoms with E-state index in [2.05, 4.69) is 126 Å². The first kappa shape index (κ1) is 69.7. The Hall–Kier alpha value is -8.11. The molecule has 0 saturated heterocycles. The van der Waals surface area contributed by atoms with E-state index < -0.39 is 5.24 Å². The van der Waals surface area contributed by atoms with Gasteiger partial charge in [0, 0.05) is 86.7 Å². The lowest BCUT2D eigenvalue weighted by atomic mass is 10.1. The van der Waals surface area contributed by atoms with Gasteiger partial charge in [0.25, 0.3) is 17.1 Å². The summed E-state index contributed by atoms with van der Waals surface area (Å²) in [5.74, 6) is 5.18. The highest BCUT2D eigenvalue weighted by atomic mass is 35.5. The number of thiazole rings is 3. The lowest BCUT2D eigenvalue weighted by molar-refractivity contribution is 0.0631. The van der Waals surface area contributed by atoms with Crippen molar-refractivity contribution in [3.8, 4) is 65.9 Å². The maximum Gasteiger partial charge on any atom is 0.254 e. The largest absolute Gasteiger partial charge is 0.327 e. The van der Waals surface area contributed by atoms with E-state index in [-0.39, 0.29) is 37.4 Å². The fourth-order valence-corrected chi connectivity index (χ4v) is 15.4. The Bertz CT molecular complexity index is 4230. The van der Waals surface area contributed by atoms with Crippen LogP contribution in [0.1, 0.15) is 131 Å². The zero-order chi connectivity index (χ0) is 65.8. The Morgan fingerprint density at radius 1 is 0.474 bits per heavy atom. The minimum Gasteiger partial charge on any atom is -0.327 e.